The molecule has 0 radical (unpaired) electrons. The van der Waals surface area contributed by atoms with E-state index in [0.717, 1.165) is 26.1 Å². The quantitative estimate of drug-likeness (QED) is 0.812. The zero-order valence-corrected chi connectivity index (χ0v) is 11.7. The van der Waals surface area contributed by atoms with Crippen LogP contribution < -0.4 is 11.1 Å². The fourth-order valence-corrected chi connectivity index (χ4v) is 2.52. The average molecular weight is 261 g/mol. The van der Waals surface area contributed by atoms with Gasteiger partial charge in [0, 0.05) is 30.4 Å². The summed E-state index contributed by atoms with van der Waals surface area (Å²) in [4.78, 5) is 14.4. The molecule has 19 heavy (non-hydrogen) atoms. The molecule has 0 saturated carbocycles. The summed E-state index contributed by atoms with van der Waals surface area (Å²) in [5, 5.41) is 3.01. The number of rotatable bonds is 4. The maximum absolute atomic E-state index is 12.0. The minimum Gasteiger partial charge on any atom is -0.399 e. The van der Waals surface area contributed by atoms with Crippen LogP contribution in [0, 0.1) is 5.92 Å². The fraction of sp³-hybridized carbons (Fsp3) is 0.533. The molecule has 1 saturated heterocycles. The van der Waals surface area contributed by atoms with E-state index >= 15 is 0 Å². The van der Waals surface area contributed by atoms with Crippen LogP contribution in [-0.4, -0.2) is 36.5 Å². The van der Waals surface area contributed by atoms with Gasteiger partial charge in [-0.05, 0) is 50.9 Å². The van der Waals surface area contributed by atoms with Crippen LogP contribution in [0.4, 0.5) is 5.69 Å². The molecule has 1 aliphatic rings. The number of carbonyl (C=O) groups excluding carboxylic acids is 1. The van der Waals surface area contributed by atoms with Crippen LogP contribution in [0.5, 0.6) is 0 Å². The zero-order valence-electron chi connectivity index (χ0n) is 11.7. The van der Waals surface area contributed by atoms with Crippen molar-refractivity contribution < 1.29 is 4.79 Å². The summed E-state index contributed by atoms with van der Waals surface area (Å²) in [5.74, 6) is 0.530. The highest BCUT2D eigenvalue weighted by molar-refractivity contribution is 5.94. The number of benzene rings is 1. The van der Waals surface area contributed by atoms with Gasteiger partial charge < -0.3 is 16.0 Å². The van der Waals surface area contributed by atoms with Gasteiger partial charge in [0.2, 0.25) is 0 Å². The molecular formula is C15H23N3O. The third-order valence-electron chi connectivity index (χ3n) is 3.75. The third kappa shape index (κ3) is 3.70. The third-order valence-corrected chi connectivity index (χ3v) is 3.75. The molecule has 0 bridgehead atoms. The van der Waals surface area contributed by atoms with Crippen molar-refractivity contribution in [3.63, 3.8) is 0 Å². The summed E-state index contributed by atoms with van der Waals surface area (Å²) in [6.07, 6.45) is 1.16. The normalized spacial score (nSPS) is 19.8. The first-order valence-corrected chi connectivity index (χ1v) is 6.94. The van der Waals surface area contributed by atoms with Crippen LogP contribution in [-0.2, 0) is 0 Å². The van der Waals surface area contributed by atoms with Crippen LogP contribution in [0.15, 0.2) is 24.3 Å². The molecule has 1 fully saturated rings. The largest absolute Gasteiger partial charge is 0.399 e. The number of amides is 1. The van der Waals surface area contributed by atoms with Crippen molar-refractivity contribution in [3.8, 4) is 0 Å². The predicted molar refractivity (Wildman–Crippen MR) is 78.0 cm³/mol. The van der Waals surface area contributed by atoms with E-state index in [1.807, 2.05) is 0 Å². The van der Waals surface area contributed by atoms with Crippen LogP contribution in [0.2, 0.25) is 0 Å². The highest BCUT2D eigenvalue weighted by atomic mass is 16.1. The van der Waals surface area contributed by atoms with E-state index < -0.39 is 0 Å². The van der Waals surface area contributed by atoms with Crippen LogP contribution >= 0.6 is 0 Å². The second kappa shape index (κ2) is 6.06. The Kier molecular flexibility index (Phi) is 4.43. The van der Waals surface area contributed by atoms with Crippen molar-refractivity contribution in [2.45, 2.75) is 26.3 Å². The van der Waals surface area contributed by atoms with Gasteiger partial charge in [0.15, 0.2) is 0 Å². The number of carbonyl (C=O) groups is 1. The Labute approximate surface area is 115 Å². The van der Waals surface area contributed by atoms with Gasteiger partial charge in [-0.15, -0.1) is 0 Å². The van der Waals surface area contributed by atoms with Crippen molar-refractivity contribution >= 4 is 11.6 Å². The summed E-state index contributed by atoms with van der Waals surface area (Å²) in [6.45, 7) is 7.39. The van der Waals surface area contributed by atoms with Gasteiger partial charge in [-0.1, -0.05) is 6.07 Å². The molecule has 1 aliphatic heterocycles. The second-order valence-electron chi connectivity index (χ2n) is 5.58. The predicted octanol–water partition coefficient (Wildman–Crippen LogP) is 1.73. The molecule has 2 rings (SSSR count). The lowest BCUT2D eigenvalue weighted by Gasteiger charge is -2.20. The number of likely N-dealkylation sites (tertiary alicyclic amines) is 1. The highest BCUT2D eigenvalue weighted by Crippen LogP contribution is 2.17. The Morgan fingerprint density at radius 3 is 2.95 bits per heavy atom. The maximum Gasteiger partial charge on any atom is 0.251 e. The Balaban J connectivity index is 1.82. The molecular weight excluding hydrogens is 238 g/mol. The molecule has 1 heterocycles. The van der Waals surface area contributed by atoms with Crippen molar-refractivity contribution in [1.82, 2.24) is 10.2 Å². The number of nitrogens with one attached hydrogen (secondary N) is 1. The monoisotopic (exact) mass is 261 g/mol. The minimum atomic E-state index is -0.0321. The van der Waals surface area contributed by atoms with Gasteiger partial charge in [0.05, 0.1) is 0 Å². The van der Waals surface area contributed by atoms with Gasteiger partial charge in [0.1, 0.15) is 0 Å². The SMILES string of the molecule is CC(C)N1CC[C@@H](CNC(=O)c2cccc(N)c2)C1. The molecule has 1 atom stereocenters. The van der Waals surface area contributed by atoms with Gasteiger partial charge in [-0.2, -0.15) is 0 Å². The number of hydrogen-bond acceptors (Lipinski definition) is 3. The van der Waals surface area contributed by atoms with E-state index in [-0.39, 0.29) is 5.91 Å². The Morgan fingerprint density at radius 2 is 2.32 bits per heavy atom. The maximum atomic E-state index is 12.0. The molecule has 4 nitrogen and oxygen atoms in total. The lowest BCUT2D eigenvalue weighted by atomic mass is 10.1. The van der Waals surface area contributed by atoms with Crippen LogP contribution in [0.3, 0.4) is 0 Å². The van der Waals surface area contributed by atoms with E-state index in [9.17, 15) is 4.79 Å². The lowest BCUT2D eigenvalue weighted by Crippen LogP contribution is -2.33. The second-order valence-corrected chi connectivity index (χ2v) is 5.58. The molecule has 1 aromatic carbocycles. The molecule has 3 N–H and O–H groups in total. The minimum absolute atomic E-state index is 0.0321. The van der Waals surface area contributed by atoms with Crippen LogP contribution in [0.1, 0.15) is 30.6 Å². The van der Waals surface area contributed by atoms with E-state index in [0.29, 0.717) is 23.2 Å². The molecule has 0 spiro atoms. The Bertz CT molecular complexity index is 445. The fourth-order valence-electron chi connectivity index (χ4n) is 2.52. The van der Waals surface area contributed by atoms with E-state index in [4.69, 9.17) is 5.73 Å². The molecule has 4 heteroatoms. The standard InChI is InChI=1S/C15H23N3O/c1-11(2)18-7-6-12(10-18)9-17-15(19)13-4-3-5-14(16)8-13/h3-5,8,11-12H,6-7,9-10,16H2,1-2H3,(H,17,19)/t12-/m0/s1. The molecule has 1 aromatic rings. The van der Waals surface area contributed by atoms with Crippen molar-refractivity contribution in [3.05, 3.63) is 29.8 Å². The Hall–Kier alpha value is -1.55. The van der Waals surface area contributed by atoms with Crippen molar-refractivity contribution in [1.29, 1.82) is 0 Å². The topological polar surface area (TPSA) is 58.4 Å². The number of nitrogens with two attached hydrogens (primary N) is 1. The average Bonchev–Trinajstić information content (AvgIpc) is 2.85. The number of hydrogen-bond donors (Lipinski definition) is 2. The van der Waals surface area contributed by atoms with E-state index in [2.05, 4.69) is 24.1 Å². The Morgan fingerprint density at radius 1 is 1.53 bits per heavy atom. The van der Waals surface area contributed by atoms with Gasteiger partial charge in [-0.3, -0.25) is 4.79 Å². The first-order chi connectivity index (χ1) is 9.06. The molecule has 0 aromatic heterocycles. The highest BCUT2D eigenvalue weighted by Gasteiger charge is 2.24. The first-order valence-electron chi connectivity index (χ1n) is 6.94. The van der Waals surface area contributed by atoms with E-state index in [1.54, 1.807) is 24.3 Å². The summed E-state index contributed by atoms with van der Waals surface area (Å²) in [7, 11) is 0. The number of nitrogens with zero attached hydrogens (tertiary/aromatic N) is 1. The van der Waals surface area contributed by atoms with Gasteiger partial charge in [-0.25, -0.2) is 0 Å². The van der Waals surface area contributed by atoms with Crippen molar-refractivity contribution in [2.75, 3.05) is 25.4 Å². The smallest absolute Gasteiger partial charge is 0.251 e. The molecule has 1 amide bonds. The van der Waals surface area contributed by atoms with Gasteiger partial charge >= 0.3 is 0 Å². The zero-order chi connectivity index (χ0) is 13.8. The first kappa shape index (κ1) is 13.9. The van der Waals surface area contributed by atoms with E-state index in [1.165, 1.54) is 0 Å². The number of nitrogen functional groups attached to an aromatic ring is 1. The summed E-state index contributed by atoms with van der Waals surface area (Å²) in [5.41, 5.74) is 6.94. The lowest BCUT2D eigenvalue weighted by molar-refractivity contribution is 0.0947. The number of anilines is 1. The summed E-state index contributed by atoms with van der Waals surface area (Å²) >= 11 is 0. The summed E-state index contributed by atoms with van der Waals surface area (Å²) < 4.78 is 0. The molecule has 104 valence electrons. The van der Waals surface area contributed by atoms with Crippen molar-refractivity contribution in [2.24, 2.45) is 5.92 Å². The molecule has 0 unspecified atom stereocenters. The van der Waals surface area contributed by atoms with Gasteiger partial charge in [0.25, 0.3) is 5.91 Å². The molecule has 0 aliphatic carbocycles. The summed E-state index contributed by atoms with van der Waals surface area (Å²) in [6, 6.07) is 7.69. The van der Waals surface area contributed by atoms with Crippen LogP contribution in [0.25, 0.3) is 0 Å².